The molecule has 0 radical (unpaired) electrons. The maximum atomic E-state index is 6.15. The van der Waals surface area contributed by atoms with Gasteiger partial charge in [0.2, 0.25) is 0 Å². The largest absolute Gasteiger partial charge is 0.491 e. The van der Waals surface area contributed by atoms with Gasteiger partial charge >= 0.3 is 0 Å². The maximum Gasteiger partial charge on any atom is 0.138 e. The van der Waals surface area contributed by atoms with Crippen LogP contribution in [0.3, 0.4) is 0 Å². The van der Waals surface area contributed by atoms with Crippen LogP contribution in [0.4, 0.5) is 0 Å². The summed E-state index contributed by atoms with van der Waals surface area (Å²) in [6.45, 7) is 1.31. The minimum atomic E-state index is 0. The Kier molecular flexibility index (Phi) is 6.88. The average Bonchev–Trinajstić information content (AvgIpc) is 3.28. The van der Waals surface area contributed by atoms with Gasteiger partial charge in [0.05, 0.1) is 12.8 Å². The summed E-state index contributed by atoms with van der Waals surface area (Å²) in [4.78, 5) is 8.19. The molecule has 2 heterocycles. The summed E-state index contributed by atoms with van der Waals surface area (Å²) in [5, 5.41) is 0.462. The zero-order valence-corrected chi connectivity index (χ0v) is 14.3. The van der Waals surface area contributed by atoms with Crippen LogP contribution in [0.2, 0.25) is 5.15 Å². The molecule has 0 spiro atoms. The van der Waals surface area contributed by atoms with Crippen molar-refractivity contribution >= 4 is 36.4 Å². The van der Waals surface area contributed by atoms with Crippen molar-refractivity contribution in [3.8, 4) is 16.9 Å². The fraction of sp³-hybridized carbons (Fsp3) is 0.333. The summed E-state index contributed by atoms with van der Waals surface area (Å²) in [5.74, 6) is 0.723. The summed E-state index contributed by atoms with van der Waals surface area (Å²) in [7, 11) is 0. The van der Waals surface area contributed by atoms with Gasteiger partial charge in [-0.3, -0.25) is 4.98 Å². The van der Waals surface area contributed by atoms with Crippen LogP contribution in [-0.4, -0.2) is 23.1 Å². The van der Waals surface area contributed by atoms with Crippen molar-refractivity contribution in [3.63, 3.8) is 0 Å². The SMILES string of the molecule is Cl.Cl.NCC1(COc2cnc(Cl)c(-c3ccncc3)c2)CC1. The van der Waals surface area contributed by atoms with Gasteiger partial charge in [-0.2, -0.15) is 0 Å². The van der Waals surface area contributed by atoms with Crippen LogP contribution in [-0.2, 0) is 0 Å². The predicted molar refractivity (Wildman–Crippen MR) is 93.2 cm³/mol. The zero-order valence-electron chi connectivity index (χ0n) is 11.9. The minimum Gasteiger partial charge on any atom is -0.491 e. The average molecular weight is 363 g/mol. The molecule has 0 saturated heterocycles. The highest BCUT2D eigenvalue weighted by Crippen LogP contribution is 2.44. The molecule has 1 fully saturated rings. The van der Waals surface area contributed by atoms with Crippen LogP contribution in [0.5, 0.6) is 5.75 Å². The zero-order chi connectivity index (χ0) is 14.0. The van der Waals surface area contributed by atoms with E-state index in [4.69, 9.17) is 22.1 Å². The highest BCUT2D eigenvalue weighted by Gasteiger charge is 2.42. The molecule has 0 aromatic carbocycles. The molecule has 120 valence electrons. The van der Waals surface area contributed by atoms with Crippen molar-refractivity contribution in [2.75, 3.05) is 13.2 Å². The lowest BCUT2D eigenvalue weighted by atomic mass is 10.1. The number of pyridine rings is 2. The number of rotatable bonds is 5. The molecule has 2 N–H and O–H groups in total. The normalized spacial score (nSPS) is 14.5. The summed E-state index contributed by atoms with van der Waals surface area (Å²) in [6, 6.07) is 5.71. The van der Waals surface area contributed by atoms with Gasteiger partial charge in [0.25, 0.3) is 0 Å². The lowest BCUT2D eigenvalue weighted by Crippen LogP contribution is -2.22. The van der Waals surface area contributed by atoms with Crippen molar-refractivity contribution < 1.29 is 4.74 Å². The van der Waals surface area contributed by atoms with Gasteiger partial charge in [0.15, 0.2) is 0 Å². The topological polar surface area (TPSA) is 61.0 Å². The van der Waals surface area contributed by atoms with Crippen molar-refractivity contribution in [3.05, 3.63) is 41.9 Å². The quantitative estimate of drug-likeness (QED) is 0.823. The Hall–Kier alpha value is -1.07. The second-order valence-corrected chi connectivity index (χ2v) is 5.60. The Bertz CT molecular complexity index is 606. The summed E-state index contributed by atoms with van der Waals surface area (Å²) < 4.78 is 5.82. The molecule has 0 unspecified atom stereocenters. The number of aromatic nitrogens is 2. The number of halogens is 3. The van der Waals surface area contributed by atoms with Crippen LogP contribution < -0.4 is 10.5 Å². The molecule has 7 heteroatoms. The van der Waals surface area contributed by atoms with E-state index >= 15 is 0 Å². The van der Waals surface area contributed by atoms with E-state index in [1.165, 1.54) is 0 Å². The molecule has 4 nitrogen and oxygen atoms in total. The highest BCUT2D eigenvalue weighted by molar-refractivity contribution is 6.32. The number of hydrogen-bond acceptors (Lipinski definition) is 4. The van der Waals surface area contributed by atoms with E-state index in [1.807, 2.05) is 18.2 Å². The van der Waals surface area contributed by atoms with Gasteiger partial charge in [0.1, 0.15) is 10.9 Å². The number of nitrogens with zero attached hydrogens (tertiary/aromatic N) is 2. The lowest BCUT2D eigenvalue weighted by Gasteiger charge is -2.14. The minimum absolute atomic E-state index is 0. The fourth-order valence-electron chi connectivity index (χ4n) is 2.06. The lowest BCUT2D eigenvalue weighted by molar-refractivity contribution is 0.238. The molecule has 0 aliphatic heterocycles. The van der Waals surface area contributed by atoms with Gasteiger partial charge in [-0.1, -0.05) is 11.6 Å². The molecule has 1 aliphatic carbocycles. The van der Waals surface area contributed by atoms with Crippen LogP contribution in [0, 0.1) is 5.41 Å². The molecule has 2 aromatic heterocycles. The Morgan fingerprint density at radius 1 is 1.23 bits per heavy atom. The number of hydrogen-bond donors (Lipinski definition) is 1. The standard InChI is InChI=1S/C15H16ClN3O.2ClH/c16-14-13(11-1-5-18-6-2-11)7-12(8-19-14)20-10-15(9-17)3-4-15;;/h1-2,5-8H,3-4,9-10,17H2;2*1H. The maximum absolute atomic E-state index is 6.15. The molecule has 3 rings (SSSR count). The molecule has 22 heavy (non-hydrogen) atoms. The van der Waals surface area contributed by atoms with Gasteiger partial charge < -0.3 is 10.5 Å². The molecule has 1 aliphatic rings. The predicted octanol–water partition coefficient (Wildman–Crippen LogP) is 3.76. The summed E-state index contributed by atoms with van der Waals surface area (Å²) >= 11 is 6.15. The van der Waals surface area contributed by atoms with Crippen LogP contribution in [0.25, 0.3) is 11.1 Å². The molecule has 1 saturated carbocycles. The molecule has 0 bridgehead atoms. The molecular formula is C15H18Cl3N3O. The van der Waals surface area contributed by atoms with Crippen LogP contribution in [0.1, 0.15) is 12.8 Å². The molecule has 0 atom stereocenters. The van der Waals surface area contributed by atoms with E-state index < -0.39 is 0 Å². The second kappa shape index (κ2) is 7.97. The Labute approximate surface area is 147 Å². The molecule has 2 aromatic rings. The van der Waals surface area contributed by atoms with E-state index in [-0.39, 0.29) is 30.2 Å². The van der Waals surface area contributed by atoms with E-state index in [2.05, 4.69) is 9.97 Å². The van der Waals surface area contributed by atoms with Crippen molar-refractivity contribution in [2.45, 2.75) is 12.8 Å². The van der Waals surface area contributed by atoms with Gasteiger partial charge in [-0.25, -0.2) is 4.98 Å². The first-order valence-corrected chi connectivity index (χ1v) is 6.99. The monoisotopic (exact) mass is 361 g/mol. The third kappa shape index (κ3) is 4.23. The first-order valence-electron chi connectivity index (χ1n) is 6.61. The highest BCUT2D eigenvalue weighted by atomic mass is 35.5. The Balaban J connectivity index is 0.00000121. The van der Waals surface area contributed by atoms with Crippen molar-refractivity contribution in [2.24, 2.45) is 11.1 Å². The first-order chi connectivity index (χ1) is 9.72. The van der Waals surface area contributed by atoms with Crippen molar-refractivity contribution in [1.82, 2.24) is 9.97 Å². The van der Waals surface area contributed by atoms with E-state index in [1.54, 1.807) is 18.6 Å². The molecular weight excluding hydrogens is 345 g/mol. The summed E-state index contributed by atoms with van der Waals surface area (Å²) in [6.07, 6.45) is 7.39. The van der Waals surface area contributed by atoms with E-state index in [9.17, 15) is 0 Å². The molecule has 0 amide bonds. The first kappa shape index (κ1) is 19.0. The van der Waals surface area contributed by atoms with Crippen molar-refractivity contribution in [1.29, 1.82) is 0 Å². The van der Waals surface area contributed by atoms with Gasteiger partial charge in [0, 0.05) is 29.9 Å². The Morgan fingerprint density at radius 2 is 1.91 bits per heavy atom. The van der Waals surface area contributed by atoms with Gasteiger partial charge in [-0.05, 0) is 36.6 Å². The van der Waals surface area contributed by atoms with E-state index in [0.717, 1.165) is 29.7 Å². The van der Waals surface area contributed by atoms with Crippen LogP contribution in [0.15, 0.2) is 36.8 Å². The third-order valence-corrected chi connectivity index (χ3v) is 4.04. The second-order valence-electron chi connectivity index (χ2n) is 5.24. The number of nitrogens with two attached hydrogens (primary N) is 1. The number of ether oxygens (including phenoxy) is 1. The van der Waals surface area contributed by atoms with Crippen LogP contribution >= 0.6 is 36.4 Å². The summed E-state index contributed by atoms with van der Waals surface area (Å²) in [5.41, 5.74) is 7.76. The smallest absolute Gasteiger partial charge is 0.138 e. The third-order valence-electron chi connectivity index (χ3n) is 3.74. The van der Waals surface area contributed by atoms with E-state index in [0.29, 0.717) is 18.3 Å². The van der Waals surface area contributed by atoms with Gasteiger partial charge in [-0.15, -0.1) is 24.8 Å². The fourth-order valence-corrected chi connectivity index (χ4v) is 2.27. The Morgan fingerprint density at radius 3 is 2.50 bits per heavy atom.